The number of aryl methyl sites for hydroxylation is 3. The summed E-state index contributed by atoms with van der Waals surface area (Å²) in [6.45, 7) is 10.4. The molecule has 0 spiro atoms. The van der Waals surface area contributed by atoms with E-state index in [1.807, 2.05) is 16.0 Å². The fourth-order valence-corrected chi connectivity index (χ4v) is 3.70. The number of nitrogens with zero attached hydrogens (tertiary/aromatic N) is 2. The third-order valence-electron chi connectivity index (χ3n) is 3.42. The monoisotopic (exact) mass is 311 g/mol. The zero-order valence-electron chi connectivity index (χ0n) is 12.5. The molecule has 0 saturated carbocycles. The van der Waals surface area contributed by atoms with Crippen LogP contribution < -0.4 is 5.32 Å². The van der Waals surface area contributed by atoms with E-state index in [9.17, 15) is 0 Å². The number of aromatic nitrogens is 2. The zero-order valence-corrected chi connectivity index (χ0v) is 14.1. The van der Waals surface area contributed by atoms with Crippen LogP contribution in [0.15, 0.2) is 12.3 Å². The van der Waals surface area contributed by atoms with E-state index in [2.05, 4.69) is 44.2 Å². The highest BCUT2D eigenvalue weighted by Gasteiger charge is 2.23. The predicted molar refractivity (Wildman–Crippen MR) is 86.8 cm³/mol. The maximum atomic E-state index is 6.39. The van der Waals surface area contributed by atoms with Gasteiger partial charge in [-0.1, -0.05) is 25.4 Å². The third-order valence-corrected chi connectivity index (χ3v) is 4.93. The lowest BCUT2D eigenvalue weighted by atomic mass is 10.1. The first-order valence-corrected chi connectivity index (χ1v) is 8.29. The van der Waals surface area contributed by atoms with Crippen molar-refractivity contribution >= 4 is 22.9 Å². The molecule has 0 aliphatic rings. The van der Waals surface area contributed by atoms with Crippen LogP contribution in [0.2, 0.25) is 5.02 Å². The smallest absolute Gasteiger partial charge is 0.0857 e. The summed E-state index contributed by atoms with van der Waals surface area (Å²) in [6.07, 6.45) is 2.80. The highest BCUT2D eigenvalue weighted by atomic mass is 35.5. The highest BCUT2D eigenvalue weighted by Crippen LogP contribution is 2.34. The van der Waals surface area contributed by atoms with Gasteiger partial charge in [0.05, 0.1) is 23.0 Å². The van der Waals surface area contributed by atoms with Gasteiger partial charge in [0.25, 0.3) is 0 Å². The van der Waals surface area contributed by atoms with Gasteiger partial charge in [0.15, 0.2) is 0 Å². The van der Waals surface area contributed by atoms with Crippen LogP contribution in [0.4, 0.5) is 0 Å². The molecule has 0 aromatic carbocycles. The van der Waals surface area contributed by atoms with Crippen molar-refractivity contribution in [1.82, 2.24) is 15.1 Å². The Morgan fingerprint density at radius 1 is 1.40 bits per heavy atom. The molecule has 0 bridgehead atoms. The molecule has 0 fully saturated rings. The first kappa shape index (κ1) is 15.5. The molecule has 2 rings (SSSR count). The Hall–Kier alpha value is -0.840. The number of halogens is 1. The van der Waals surface area contributed by atoms with Crippen molar-refractivity contribution < 1.29 is 0 Å². The van der Waals surface area contributed by atoms with Gasteiger partial charge in [-0.2, -0.15) is 5.10 Å². The molecule has 2 aromatic rings. The molecule has 5 heteroatoms. The lowest BCUT2D eigenvalue weighted by molar-refractivity contribution is 0.524. The molecule has 0 radical (unpaired) electrons. The van der Waals surface area contributed by atoms with Gasteiger partial charge >= 0.3 is 0 Å². The van der Waals surface area contributed by atoms with Gasteiger partial charge in [0, 0.05) is 16.3 Å². The Morgan fingerprint density at radius 2 is 2.15 bits per heavy atom. The van der Waals surface area contributed by atoms with Crippen LogP contribution >= 0.6 is 22.9 Å². The minimum Gasteiger partial charge on any atom is -0.305 e. The van der Waals surface area contributed by atoms with Crippen LogP contribution in [0.25, 0.3) is 0 Å². The molecule has 0 aliphatic carbocycles. The van der Waals surface area contributed by atoms with Crippen LogP contribution in [0.3, 0.4) is 0 Å². The van der Waals surface area contributed by atoms with Crippen molar-refractivity contribution in [2.24, 2.45) is 0 Å². The fraction of sp³-hybridized carbons (Fsp3) is 0.533. The molecule has 1 N–H and O–H groups in total. The van der Waals surface area contributed by atoms with Crippen molar-refractivity contribution in [3.05, 3.63) is 38.3 Å². The van der Waals surface area contributed by atoms with E-state index in [-0.39, 0.29) is 6.04 Å². The maximum absolute atomic E-state index is 6.39. The summed E-state index contributed by atoms with van der Waals surface area (Å²) in [5.74, 6) is 0. The molecular weight excluding hydrogens is 290 g/mol. The van der Waals surface area contributed by atoms with E-state index in [0.29, 0.717) is 0 Å². The normalized spacial score (nSPS) is 12.8. The first-order valence-electron chi connectivity index (χ1n) is 7.10. The molecule has 20 heavy (non-hydrogen) atoms. The van der Waals surface area contributed by atoms with Gasteiger partial charge in [0.1, 0.15) is 0 Å². The lowest BCUT2D eigenvalue weighted by Gasteiger charge is -2.19. The molecule has 0 amide bonds. The van der Waals surface area contributed by atoms with Gasteiger partial charge in [-0.15, -0.1) is 11.3 Å². The highest BCUT2D eigenvalue weighted by molar-refractivity contribution is 7.12. The van der Waals surface area contributed by atoms with Gasteiger partial charge in [-0.05, 0) is 38.4 Å². The maximum Gasteiger partial charge on any atom is 0.0857 e. The van der Waals surface area contributed by atoms with Crippen molar-refractivity contribution in [2.75, 3.05) is 6.54 Å². The average Bonchev–Trinajstić information content (AvgIpc) is 2.92. The van der Waals surface area contributed by atoms with Crippen LogP contribution in [0.5, 0.6) is 0 Å². The lowest BCUT2D eigenvalue weighted by Crippen LogP contribution is -2.24. The van der Waals surface area contributed by atoms with Gasteiger partial charge < -0.3 is 5.32 Å². The largest absolute Gasteiger partial charge is 0.305 e. The summed E-state index contributed by atoms with van der Waals surface area (Å²) in [6, 6.07) is 2.38. The predicted octanol–water partition coefficient (Wildman–Crippen LogP) is 4.32. The van der Waals surface area contributed by atoms with Crippen molar-refractivity contribution in [2.45, 2.75) is 46.7 Å². The van der Waals surface area contributed by atoms with Gasteiger partial charge in [0.2, 0.25) is 0 Å². The van der Waals surface area contributed by atoms with Crippen LogP contribution in [-0.2, 0) is 6.54 Å². The van der Waals surface area contributed by atoms with Crippen molar-refractivity contribution in [3.8, 4) is 0 Å². The molecule has 2 aromatic heterocycles. The van der Waals surface area contributed by atoms with E-state index < -0.39 is 0 Å². The van der Waals surface area contributed by atoms with E-state index in [0.717, 1.165) is 30.2 Å². The number of thiophene rings is 1. The van der Waals surface area contributed by atoms with Crippen molar-refractivity contribution in [1.29, 1.82) is 0 Å². The zero-order chi connectivity index (χ0) is 14.7. The van der Waals surface area contributed by atoms with E-state index in [4.69, 9.17) is 11.6 Å². The van der Waals surface area contributed by atoms with E-state index in [1.165, 1.54) is 15.3 Å². The minimum absolute atomic E-state index is 0.124. The average molecular weight is 312 g/mol. The Bertz CT molecular complexity index is 554. The second-order valence-electron chi connectivity index (χ2n) is 4.98. The summed E-state index contributed by atoms with van der Waals surface area (Å²) in [7, 11) is 0. The quantitative estimate of drug-likeness (QED) is 0.861. The number of hydrogen-bond acceptors (Lipinski definition) is 3. The van der Waals surface area contributed by atoms with Gasteiger partial charge in [-0.3, -0.25) is 4.68 Å². The van der Waals surface area contributed by atoms with Crippen molar-refractivity contribution in [3.63, 3.8) is 0 Å². The molecule has 110 valence electrons. The topological polar surface area (TPSA) is 29.9 Å². The van der Waals surface area contributed by atoms with Gasteiger partial charge in [-0.25, -0.2) is 0 Å². The Balaban J connectivity index is 2.45. The fourth-order valence-electron chi connectivity index (χ4n) is 2.33. The van der Waals surface area contributed by atoms with E-state index >= 15 is 0 Å². The summed E-state index contributed by atoms with van der Waals surface area (Å²) >= 11 is 8.22. The Kier molecular flexibility index (Phi) is 5.24. The second-order valence-corrected chi connectivity index (χ2v) is 6.67. The molecule has 2 heterocycles. The van der Waals surface area contributed by atoms with Crippen LogP contribution in [0, 0.1) is 13.8 Å². The van der Waals surface area contributed by atoms with Crippen LogP contribution in [0.1, 0.15) is 47.3 Å². The Morgan fingerprint density at radius 3 is 2.70 bits per heavy atom. The molecule has 3 nitrogen and oxygen atoms in total. The minimum atomic E-state index is 0.124. The molecule has 1 unspecified atom stereocenters. The standard InChI is InChI=1S/C15H22ClN3S/c1-5-7-19-15(12(16)9-18-19)14(17-6-2)13-8-10(3)11(4)20-13/h8-9,14,17H,5-7H2,1-4H3. The number of hydrogen-bond donors (Lipinski definition) is 1. The Labute approximate surface area is 130 Å². The summed E-state index contributed by atoms with van der Waals surface area (Å²) in [4.78, 5) is 2.67. The molecule has 1 atom stereocenters. The summed E-state index contributed by atoms with van der Waals surface area (Å²) in [5.41, 5.74) is 2.42. The van der Waals surface area contributed by atoms with Crippen LogP contribution in [-0.4, -0.2) is 16.3 Å². The number of nitrogens with one attached hydrogen (secondary N) is 1. The number of rotatable bonds is 6. The SMILES string of the molecule is CCCn1ncc(Cl)c1C(NCC)c1cc(C)c(C)s1. The van der Waals surface area contributed by atoms with E-state index in [1.54, 1.807) is 6.20 Å². The molecular formula is C15H22ClN3S. The molecule has 0 aliphatic heterocycles. The molecule has 0 saturated heterocycles. The third kappa shape index (κ3) is 3.08. The first-order chi connectivity index (χ1) is 9.58. The second kappa shape index (κ2) is 6.74. The summed E-state index contributed by atoms with van der Waals surface area (Å²) < 4.78 is 2.03. The summed E-state index contributed by atoms with van der Waals surface area (Å²) in [5, 5.41) is 8.70.